The number of hydrogen-bond donors (Lipinski definition) is 3. The van der Waals surface area contributed by atoms with E-state index in [9.17, 15) is 9.59 Å². The summed E-state index contributed by atoms with van der Waals surface area (Å²) >= 11 is 0. The summed E-state index contributed by atoms with van der Waals surface area (Å²) in [6, 6.07) is -0.626. The van der Waals surface area contributed by atoms with E-state index in [1.54, 1.807) is 14.0 Å². The van der Waals surface area contributed by atoms with E-state index >= 15 is 0 Å². The fourth-order valence-electron chi connectivity index (χ4n) is 1.23. The average molecular weight is 225 g/mol. The zero-order valence-corrected chi connectivity index (χ0v) is 9.44. The van der Waals surface area contributed by atoms with Crippen LogP contribution in [0.2, 0.25) is 0 Å². The van der Waals surface area contributed by atoms with Crippen molar-refractivity contribution in [2.45, 2.75) is 13.0 Å². The molecule has 7 nitrogen and oxygen atoms in total. The minimum Gasteiger partial charge on any atom is -0.396 e. The minimum absolute atomic E-state index is 0.123. The fraction of sp³-hybridized carbons (Fsp3) is 0.444. The van der Waals surface area contributed by atoms with E-state index < -0.39 is 11.9 Å². The summed E-state index contributed by atoms with van der Waals surface area (Å²) in [5.74, 6) is -0.739. The van der Waals surface area contributed by atoms with Crippen molar-refractivity contribution >= 4 is 17.5 Å². The van der Waals surface area contributed by atoms with Gasteiger partial charge < -0.3 is 16.4 Å². The molecule has 1 aromatic rings. The van der Waals surface area contributed by atoms with Crippen LogP contribution in [0.15, 0.2) is 6.20 Å². The predicted molar refractivity (Wildman–Crippen MR) is 58.6 cm³/mol. The van der Waals surface area contributed by atoms with Gasteiger partial charge in [-0.25, -0.2) is 0 Å². The third-order valence-electron chi connectivity index (χ3n) is 2.06. The number of anilines is 1. The summed E-state index contributed by atoms with van der Waals surface area (Å²) in [7, 11) is 3.16. The molecule has 4 N–H and O–H groups in total. The molecule has 0 aliphatic heterocycles. The number of nitrogens with one attached hydrogen (secondary N) is 2. The molecule has 0 saturated carbocycles. The number of carbonyl (C=O) groups is 2. The molecule has 1 heterocycles. The number of nitrogens with two attached hydrogens (primary N) is 1. The second-order valence-electron chi connectivity index (χ2n) is 3.42. The van der Waals surface area contributed by atoms with E-state index in [1.807, 2.05) is 0 Å². The van der Waals surface area contributed by atoms with Gasteiger partial charge in [-0.15, -0.1) is 0 Å². The molecule has 0 saturated heterocycles. The topological polar surface area (TPSA) is 102 Å². The molecule has 1 atom stereocenters. The SMILES string of the molecule is CNC(=O)C(C)NC(=O)c1nn(C)cc1N. The number of amides is 2. The van der Waals surface area contributed by atoms with Gasteiger partial charge in [0.2, 0.25) is 5.91 Å². The van der Waals surface area contributed by atoms with Crippen molar-refractivity contribution in [3.63, 3.8) is 0 Å². The molecule has 1 unspecified atom stereocenters. The van der Waals surface area contributed by atoms with Crippen molar-refractivity contribution in [1.29, 1.82) is 0 Å². The van der Waals surface area contributed by atoms with E-state index in [0.29, 0.717) is 0 Å². The van der Waals surface area contributed by atoms with Gasteiger partial charge in [0.25, 0.3) is 5.91 Å². The highest BCUT2D eigenvalue weighted by molar-refractivity contribution is 5.99. The first-order chi connectivity index (χ1) is 7.45. The van der Waals surface area contributed by atoms with Gasteiger partial charge in [0.15, 0.2) is 5.69 Å². The van der Waals surface area contributed by atoms with Gasteiger partial charge in [-0.2, -0.15) is 5.10 Å². The van der Waals surface area contributed by atoms with Gasteiger partial charge in [0.1, 0.15) is 6.04 Å². The Kier molecular flexibility index (Phi) is 3.49. The summed E-state index contributed by atoms with van der Waals surface area (Å²) < 4.78 is 1.44. The molecule has 0 spiro atoms. The van der Waals surface area contributed by atoms with Crippen molar-refractivity contribution in [3.05, 3.63) is 11.9 Å². The van der Waals surface area contributed by atoms with Crippen LogP contribution in [0, 0.1) is 0 Å². The zero-order chi connectivity index (χ0) is 12.3. The number of hydrogen-bond acceptors (Lipinski definition) is 4. The Balaban J connectivity index is 2.73. The molecule has 0 fully saturated rings. The summed E-state index contributed by atoms with van der Waals surface area (Å²) in [6.45, 7) is 1.58. The smallest absolute Gasteiger partial charge is 0.274 e. The van der Waals surface area contributed by atoms with E-state index in [1.165, 1.54) is 17.9 Å². The summed E-state index contributed by atoms with van der Waals surface area (Å²) in [5.41, 5.74) is 5.99. The van der Waals surface area contributed by atoms with Crippen LogP contribution in [-0.4, -0.2) is 34.7 Å². The van der Waals surface area contributed by atoms with Crippen molar-refractivity contribution in [1.82, 2.24) is 20.4 Å². The van der Waals surface area contributed by atoms with E-state index in [4.69, 9.17) is 5.73 Å². The maximum atomic E-state index is 11.7. The predicted octanol–water partition coefficient (Wildman–Crippen LogP) is -1.13. The Hall–Kier alpha value is -2.05. The van der Waals surface area contributed by atoms with Gasteiger partial charge >= 0.3 is 0 Å². The van der Waals surface area contributed by atoms with E-state index in [0.717, 1.165) is 0 Å². The van der Waals surface area contributed by atoms with Crippen LogP contribution in [0.3, 0.4) is 0 Å². The van der Waals surface area contributed by atoms with Gasteiger partial charge in [-0.05, 0) is 6.92 Å². The lowest BCUT2D eigenvalue weighted by molar-refractivity contribution is -0.122. The molecule has 7 heteroatoms. The number of carbonyl (C=O) groups excluding carboxylic acids is 2. The summed E-state index contributed by atoms with van der Waals surface area (Å²) in [6.07, 6.45) is 1.53. The largest absolute Gasteiger partial charge is 0.396 e. The molecule has 0 aliphatic carbocycles. The lowest BCUT2D eigenvalue weighted by Gasteiger charge is -2.11. The van der Waals surface area contributed by atoms with Crippen molar-refractivity contribution < 1.29 is 9.59 Å². The molecule has 2 amide bonds. The van der Waals surface area contributed by atoms with Crippen LogP contribution in [0.5, 0.6) is 0 Å². The Labute approximate surface area is 93.0 Å². The Morgan fingerprint density at radius 3 is 2.62 bits per heavy atom. The summed E-state index contributed by atoms with van der Waals surface area (Å²) in [5, 5.41) is 8.82. The third-order valence-corrected chi connectivity index (χ3v) is 2.06. The number of nitrogen functional groups attached to an aromatic ring is 1. The van der Waals surface area contributed by atoms with Crippen molar-refractivity contribution in [2.75, 3.05) is 12.8 Å². The molecule has 0 aliphatic rings. The lowest BCUT2D eigenvalue weighted by atomic mass is 10.3. The first kappa shape index (κ1) is 12.0. The van der Waals surface area contributed by atoms with Crippen molar-refractivity contribution in [2.24, 2.45) is 7.05 Å². The summed E-state index contributed by atoms with van der Waals surface area (Å²) in [4.78, 5) is 22.8. The number of aromatic nitrogens is 2. The normalized spacial score (nSPS) is 11.9. The second-order valence-corrected chi connectivity index (χ2v) is 3.42. The fourth-order valence-corrected chi connectivity index (χ4v) is 1.23. The molecule has 0 aromatic carbocycles. The first-order valence-corrected chi connectivity index (χ1v) is 4.77. The maximum absolute atomic E-state index is 11.7. The minimum atomic E-state index is -0.626. The Bertz CT molecular complexity index is 412. The van der Waals surface area contributed by atoms with E-state index in [-0.39, 0.29) is 17.3 Å². The van der Waals surface area contributed by atoms with Crippen LogP contribution in [0.4, 0.5) is 5.69 Å². The lowest BCUT2D eigenvalue weighted by Crippen LogP contribution is -2.43. The van der Waals surface area contributed by atoms with Crippen LogP contribution >= 0.6 is 0 Å². The highest BCUT2D eigenvalue weighted by Crippen LogP contribution is 2.07. The molecular formula is C9H15N5O2. The van der Waals surface area contributed by atoms with Gasteiger partial charge in [-0.3, -0.25) is 14.3 Å². The zero-order valence-electron chi connectivity index (χ0n) is 9.44. The maximum Gasteiger partial charge on any atom is 0.274 e. The van der Waals surface area contributed by atoms with Crippen molar-refractivity contribution in [3.8, 4) is 0 Å². The van der Waals surface area contributed by atoms with E-state index in [2.05, 4.69) is 15.7 Å². The van der Waals surface area contributed by atoms with Gasteiger partial charge in [0, 0.05) is 20.3 Å². The second kappa shape index (κ2) is 4.65. The van der Waals surface area contributed by atoms with Crippen LogP contribution in [0.25, 0.3) is 0 Å². The van der Waals surface area contributed by atoms with Gasteiger partial charge in [-0.1, -0.05) is 0 Å². The number of nitrogens with zero attached hydrogens (tertiary/aromatic N) is 2. The van der Waals surface area contributed by atoms with Crippen LogP contribution < -0.4 is 16.4 Å². The Morgan fingerprint density at radius 2 is 2.19 bits per heavy atom. The average Bonchev–Trinajstić information content (AvgIpc) is 2.56. The highest BCUT2D eigenvalue weighted by atomic mass is 16.2. The number of aryl methyl sites for hydroxylation is 1. The highest BCUT2D eigenvalue weighted by Gasteiger charge is 2.19. The first-order valence-electron chi connectivity index (χ1n) is 4.77. The molecule has 88 valence electrons. The molecule has 0 bridgehead atoms. The van der Waals surface area contributed by atoms with Crippen LogP contribution in [0.1, 0.15) is 17.4 Å². The quantitative estimate of drug-likeness (QED) is 0.605. The number of likely N-dealkylation sites (N-methyl/N-ethyl adjacent to an activating group) is 1. The number of rotatable bonds is 3. The molecule has 0 radical (unpaired) electrons. The molecule has 1 rings (SSSR count). The monoisotopic (exact) mass is 225 g/mol. The third kappa shape index (κ3) is 2.50. The molecule has 16 heavy (non-hydrogen) atoms. The Morgan fingerprint density at radius 1 is 1.56 bits per heavy atom. The van der Waals surface area contributed by atoms with Gasteiger partial charge in [0.05, 0.1) is 5.69 Å². The van der Waals surface area contributed by atoms with Crippen LogP contribution in [-0.2, 0) is 11.8 Å². The standard InChI is InChI=1S/C9H15N5O2/c1-5(8(15)11-2)12-9(16)7-6(10)4-14(3)13-7/h4-5H,10H2,1-3H3,(H,11,15)(H,12,16). The molecule has 1 aromatic heterocycles. The molecular weight excluding hydrogens is 210 g/mol.